The average Bonchev–Trinajstić information content (AvgIpc) is 3.37. The van der Waals surface area contributed by atoms with Crippen LogP contribution in [-0.2, 0) is 12.0 Å². The molecule has 2 nitrogen and oxygen atoms in total. The van der Waals surface area contributed by atoms with E-state index in [2.05, 4.69) is 122 Å². The first kappa shape index (κ1) is 22.3. The number of nitrogens with two attached hydrogens (primary N) is 1. The van der Waals surface area contributed by atoms with Crippen LogP contribution in [0.3, 0.4) is 0 Å². The summed E-state index contributed by atoms with van der Waals surface area (Å²) in [6.45, 7) is 7.65. The minimum Gasteiger partial charge on any atom is -0.326 e. The van der Waals surface area contributed by atoms with Crippen LogP contribution in [0.5, 0.6) is 0 Å². The summed E-state index contributed by atoms with van der Waals surface area (Å²) < 4.78 is 2.52. The normalized spacial score (nSPS) is 17.3. The van der Waals surface area contributed by atoms with Gasteiger partial charge >= 0.3 is 0 Å². The van der Waals surface area contributed by atoms with Crippen molar-refractivity contribution in [1.29, 1.82) is 0 Å². The van der Waals surface area contributed by atoms with Crippen LogP contribution in [0.1, 0.15) is 66.6 Å². The Labute approximate surface area is 219 Å². The Morgan fingerprint density at radius 1 is 0.838 bits per heavy atom. The molecule has 0 spiro atoms. The number of hydrogen-bond acceptors (Lipinski definition) is 1. The van der Waals surface area contributed by atoms with Crippen LogP contribution < -0.4 is 5.73 Å². The zero-order valence-corrected chi connectivity index (χ0v) is 21.8. The van der Waals surface area contributed by atoms with Crippen molar-refractivity contribution in [3.8, 4) is 16.8 Å². The summed E-state index contributed by atoms with van der Waals surface area (Å²) in [6.07, 6.45) is 3.48. The monoisotopic (exact) mass is 480 g/mol. The topological polar surface area (TPSA) is 30.9 Å². The number of nitrogens with zero attached hydrogens (tertiary/aromatic N) is 1. The highest BCUT2D eigenvalue weighted by Gasteiger charge is 2.37. The third-order valence-corrected chi connectivity index (χ3v) is 8.61. The molecule has 2 heteroatoms. The Balaban J connectivity index is 1.58. The van der Waals surface area contributed by atoms with Crippen LogP contribution in [0.15, 0.2) is 91.0 Å². The maximum atomic E-state index is 6.07. The van der Waals surface area contributed by atoms with Crippen molar-refractivity contribution < 1.29 is 0 Å². The van der Waals surface area contributed by atoms with E-state index in [0.29, 0.717) is 12.5 Å². The van der Waals surface area contributed by atoms with Crippen molar-refractivity contribution in [3.63, 3.8) is 0 Å². The van der Waals surface area contributed by atoms with E-state index in [9.17, 15) is 0 Å². The van der Waals surface area contributed by atoms with Gasteiger partial charge in [-0.15, -0.1) is 0 Å². The Hall–Kier alpha value is -3.88. The van der Waals surface area contributed by atoms with Gasteiger partial charge < -0.3 is 10.3 Å². The van der Waals surface area contributed by atoms with Gasteiger partial charge in [0, 0.05) is 40.2 Å². The molecule has 0 radical (unpaired) electrons. The lowest BCUT2D eigenvalue weighted by Crippen LogP contribution is -2.15. The number of benzene rings is 4. The van der Waals surface area contributed by atoms with Gasteiger partial charge in [-0.05, 0) is 75.7 Å². The molecule has 4 aromatic carbocycles. The van der Waals surface area contributed by atoms with E-state index in [1.165, 1.54) is 61.2 Å². The Morgan fingerprint density at radius 2 is 1.62 bits per heavy atom. The van der Waals surface area contributed by atoms with Crippen LogP contribution in [0.25, 0.3) is 39.4 Å². The second kappa shape index (κ2) is 8.06. The molecule has 0 bridgehead atoms. The molecule has 0 saturated heterocycles. The van der Waals surface area contributed by atoms with Gasteiger partial charge in [-0.2, -0.15) is 0 Å². The molecule has 7 rings (SSSR count). The van der Waals surface area contributed by atoms with Crippen LogP contribution in [-0.4, -0.2) is 4.57 Å². The van der Waals surface area contributed by atoms with Gasteiger partial charge in [0.15, 0.2) is 0 Å². The first-order valence-corrected chi connectivity index (χ1v) is 13.4. The summed E-state index contributed by atoms with van der Waals surface area (Å²) in [6, 6.07) is 33.5. The summed E-state index contributed by atoms with van der Waals surface area (Å²) in [7, 11) is 0. The molecule has 2 N–H and O–H groups in total. The van der Waals surface area contributed by atoms with E-state index in [4.69, 9.17) is 5.73 Å². The summed E-state index contributed by atoms with van der Waals surface area (Å²) >= 11 is 0. The quantitative estimate of drug-likeness (QED) is 0.276. The maximum Gasteiger partial charge on any atom is 0.0541 e. The van der Waals surface area contributed by atoms with Gasteiger partial charge in [-0.3, -0.25) is 0 Å². The predicted molar refractivity (Wildman–Crippen MR) is 156 cm³/mol. The van der Waals surface area contributed by atoms with Crippen molar-refractivity contribution in [1.82, 2.24) is 4.57 Å². The molecule has 0 amide bonds. The van der Waals surface area contributed by atoms with Crippen molar-refractivity contribution in [2.75, 3.05) is 0 Å². The standard InChI is InChI=1S/C35H32N2/c1-22-16-25(24-11-5-4-6-12-24)18-30-29-19-28-27-14-7-8-15-31(27)35(2,3)32(28)20-33(29)37(34(22)30)26-13-9-10-23(17-26)21-36/h4-15,17-20,22H,16,21,36H2,1-3H3. The van der Waals surface area contributed by atoms with Crippen molar-refractivity contribution >= 4 is 22.6 Å². The van der Waals surface area contributed by atoms with Crippen LogP contribution >= 0.6 is 0 Å². The minimum atomic E-state index is -0.0362. The van der Waals surface area contributed by atoms with Gasteiger partial charge in [0.05, 0.1) is 5.52 Å². The number of fused-ring (bicyclic) bond motifs is 6. The van der Waals surface area contributed by atoms with Gasteiger partial charge in [-0.1, -0.05) is 87.5 Å². The summed E-state index contributed by atoms with van der Waals surface area (Å²) in [5, 5.41) is 1.33. The summed E-state index contributed by atoms with van der Waals surface area (Å²) in [4.78, 5) is 0. The van der Waals surface area contributed by atoms with Crippen molar-refractivity contribution in [3.05, 3.63) is 125 Å². The molecular formula is C35H32N2. The summed E-state index contributed by atoms with van der Waals surface area (Å²) in [5.41, 5.74) is 20.7. The van der Waals surface area contributed by atoms with Crippen molar-refractivity contribution in [2.24, 2.45) is 5.73 Å². The van der Waals surface area contributed by atoms with E-state index < -0.39 is 0 Å². The van der Waals surface area contributed by atoms with Gasteiger partial charge in [0.1, 0.15) is 0 Å². The fourth-order valence-electron chi connectivity index (χ4n) is 6.78. The Kier molecular flexibility index (Phi) is 4.86. The molecule has 2 aliphatic rings. The number of allylic oxidation sites excluding steroid dienone is 1. The molecule has 1 unspecified atom stereocenters. The SMILES string of the molecule is CC1CC(c2ccccc2)=Cc2c1n(-c1cccc(CN)c1)c1cc3c(cc21)-c1ccccc1C3(C)C. The van der Waals surface area contributed by atoms with Gasteiger partial charge in [-0.25, -0.2) is 0 Å². The molecule has 1 heterocycles. The molecule has 2 aliphatic carbocycles. The maximum absolute atomic E-state index is 6.07. The molecule has 5 aromatic rings. The average molecular weight is 481 g/mol. The molecule has 1 atom stereocenters. The fraction of sp³-hybridized carbons (Fsp3) is 0.200. The zero-order valence-electron chi connectivity index (χ0n) is 21.8. The highest BCUT2D eigenvalue weighted by Crippen LogP contribution is 2.52. The molecule has 0 aliphatic heterocycles. The van der Waals surface area contributed by atoms with Crippen LogP contribution in [0.4, 0.5) is 0 Å². The van der Waals surface area contributed by atoms with Gasteiger partial charge in [0.25, 0.3) is 0 Å². The lowest BCUT2D eigenvalue weighted by Gasteiger charge is -2.24. The molecular weight excluding hydrogens is 448 g/mol. The third-order valence-electron chi connectivity index (χ3n) is 8.61. The lowest BCUT2D eigenvalue weighted by molar-refractivity contribution is 0.660. The van der Waals surface area contributed by atoms with E-state index in [0.717, 1.165) is 12.0 Å². The zero-order chi connectivity index (χ0) is 25.3. The van der Waals surface area contributed by atoms with Crippen LogP contribution in [0.2, 0.25) is 0 Å². The first-order chi connectivity index (χ1) is 18.0. The van der Waals surface area contributed by atoms with E-state index >= 15 is 0 Å². The van der Waals surface area contributed by atoms with E-state index in [1.54, 1.807) is 0 Å². The minimum absolute atomic E-state index is 0.0362. The highest BCUT2D eigenvalue weighted by atomic mass is 15.0. The van der Waals surface area contributed by atoms with Crippen LogP contribution in [0, 0.1) is 0 Å². The molecule has 0 saturated carbocycles. The van der Waals surface area contributed by atoms with Crippen molar-refractivity contribution in [2.45, 2.75) is 45.1 Å². The second-order valence-corrected chi connectivity index (χ2v) is 11.2. The molecule has 37 heavy (non-hydrogen) atoms. The second-order valence-electron chi connectivity index (χ2n) is 11.2. The number of hydrogen-bond donors (Lipinski definition) is 1. The molecule has 182 valence electrons. The molecule has 1 aromatic heterocycles. The van der Waals surface area contributed by atoms with E-state index in [1.807, 2.05) is 0 Å². The lowest BCUT2D eigenvalue weighted by atomic mass is 9.82. The highest BCUT2D eigenvalue weighted by molar-refractivity contribution is 6.03. The third kappa shape index (κ3) is 3.22. The Morgan fingerprint density at radius 3 is 2.43 bits per heavy atom. The summed E-state index contributed by atoms with van der Waals surface area (Å²) in [5.74, 6) is 0.388. The Bertz CT molecular complexity index is 1720. The number of aromatic nitrogens is 1. The number of rotatable bonds is 3. The first-order valence-electron chi connectivity index (χ1n) is 13.4. The smallest absolute Gasteiger partial charge is 0.0541 e. The largest absolute Gasteiger partial charge is 0.326 e. The molecule has 0 fully saturated rings. The van der Waals surface area contributed by atoms with Gasteiger partial charge in [0.2, 0.25) is 0 Å². The predicted octanol–water partition coefficient (Wildman–Crippen LogP) is 8.44. The van der Waals surface area contributed by atoms with E-state index in [-0.39, 0.29) is 5.41 Å². The fourth-order valence-corrected chi connectivity index (χ4v) is 6.78.